The summed E-state index contributed by atoms with van der Waals surface area (Å²) in [5.74, 6) is 0.0874. The molecular formula is C13H21N3O. The molecule has 2 rings (SSSR count). The molecule has 1 aliphatic carbocycles. The smallest absolute Gasteiger partial charge is 0.241 e. The van der Waals surface area contributed by atoms with Crippen molar-refractivity contribution in [2.75, 3.05) is 12.0 Å². The lowest BCUT2D eigenvalue weighted by atomic mass is 10.2. The van der Waals surface area contributed by atoms with Gasteiger partial charge in [0, 0.05) is 17.4 Å². The van der Waals surface area contributed by atoms with Crippen LogP contribution < -0.4 is 10.7 Å². The van der Waals surface area contributed by atoms with E-state index < -0.39 is 0 Å². The SMILES string of the molecule is Cc1ccc(C)n1NCC(=O)NC1CCCC1. The van der Waals surface area contributed by atoms with E-state index in [9.17, 15) is 4.79 Å². The quantitative estimate of drug-likeness (QED) is 0.834. The molecule has 94 valence electrons. The molecule has 1 saturated carbocycles. The Morgan fingerprint density at radius 1 is 1.29 bits per heavy atom. The van der Waals surface area contributed by atoms with E-state index >= 15 is 0 Å². The topological polar surface area (TPSA) is 46.1 Å². The van der Waals surface area contributed by atoms with Gasteiger partial charge >= 0.3 is 0 Å². The van der Waals surface area contributed by atoms with Crippen molar-refractivity contribution in [2.24, 2.45) is 0 Å². The second-order valence-electron chi connectivity index (χ2n) is 4.84. The first-order chi connectivity index (χ1) is 8.16. The maximum atomic E-state index is 11.7. The Balaban J connectivity index is 1.79. The number of hydrogen-bond acceptors (Lipinski definition) is 2. The van der Waals surface area contributed by atoms with Crippen molar-refractivity contribution in [3.05, 3.63) is 23.5 Å². The summed E-state index contributed by atoms with van der Waals surface area (Å²) in [6, 6.07) is 4.48. The number of nitrogens with zero attached hydrogens (tertiary/aromatic N) is 1. The van der Waals surface area contributed by atoms with Crippen LogP contribution in [0.5, 0.6) is 0 Å². The molecule has 0 bridgehead atoms. The molecule has 1 heterocycles. The standard InChI is InChI=1S/C13H21N3O/c1-10-7-8-11(2)16(10)14-9-13(17)15-12-5-3-4-6-12/h7-8,12,14H,3-6,9H2,1-2H3,(H,15,17). The van der Waals surface area contributed by atoms with E-state index in [1.54, 1.807) is 0 Å². The van der Waals surface area contributed by atoms with Crippen LogP contribution in [0.15, 0.2) is 12.1 Å². The normalized spacial score (nSPS) is 16.1. The van der Waals surface area contributed by atoms with Crippen LogP contribution >= 0.6 is 0 Å². The Kier molecular flexibility index (Phi) is 3.71. The fourth-order valence-corrected chi connectivity index (χ4v) is 2.42. The molecule has 0 aliphatic heterocycles. The molecule has 0 atom stereocenters. The van der Waals surface area contributed by atoms with Crippen molar-refractivity contribution in [3.8, 4) is 0 Å². The average molecular weight is 235 g/mol. The highest BCUT2D eigenvalue weighted by Crippen LogP contribution is 2.17. The predicted octanol–water partition coefficient (Wildman–Crippen LogP) is 1.71. The summed E-state index contributed by atoms with van der Waals surface area (Å²) < 4.78 is 1.95. The molecule has 0 spiro atoms. The van der Waals surface area contributed by atoms with E-state index in [0.717, 1.165) is 24.2 Å². The fraction of sp³-hybridized carbons (Fsp3) is 0.615. The van der Waals surface area contributed by atoms with Gasteiger partial charge < -0.3 is 10.7 Å². The first-order valence-electron chi connectivity index (χ1n) is 6.35. The number of aromatic nitrogens is 1. The molecule has 1 aromatic rings. The minimum atomic E-state index is 0.0874. The summed E-state index contributed by atoms with van der Waals surface area (Å²) >= 11 is 0. The molecule has 0 saturated heterocycles. The van der Waals surface area contributed by atoms with E-state index in [0.29, 0.717) is 12.6 Å². The van der Waals surface area contributed by atoms with E-state index in [1.165, 1.54) is 12.8 Å². The van der Waals surface area contributed by atoms with Crippen LogP contribution in [0, 0.1) is 13.8 Å². The van der Waals surface area contributed by atoms with Gasteiger partial charge in [-0.05, 0) is 38.8 Å². The van der Waals surface area contributed by atoms with Crippen LogP contribution in [0.3, 0.4) is 0 Å². The Hall–Kier alpha value is -1.45. The number of aryl methyl sites for hydroxylation is 2. The summed E-state index contributed by atoms with van der Waals surface area (Å²) in [5, 5.41) is 3.07. The van der Waals surface area contributed by atoms with Crippen LogP contribution in [0.2, 0.25) is 0 Å². The van der Waals surface area contributed by atoms with Gasteiger partial charge in [0.1, 0.15) is 6.54 Å². The fourth-order valence-electron chi connectivity index (χ4n) is 2.42. The number of amides is 1. The van der Waals surface area contributed by atoms with Crippen molar-refractivity contribution >= 4 is 5.91 Å². The Morgan fingerprint density at radius 2 is 1.88 bits per heavy atom. The number of nitrogens with one attached hydrogen (secondary N) is 2. The minimum absolute atomic E-state index is 0.0874. The van der Waals surface area contributed by atoms with Gasteiger partial charge in [0.2, 0.25) is 5.91 Å². The predicted molar refractivity (Wildman–Crippen MR) is 68.5 cm³/mol. The molecule has 0 unspecified atom stereocenters. The monoisotopic (exact) mass is 235 g/mol. The Bertz CT molecular complexity index is 372. The maximum absolute atomic E-state index is 11.7. The second-order valence-corrected chi connectivity index (χ2v) is 4.84. The zero-order valence-corrected chi connectivity index (χ0v) is 10.6. The maximum Gasteiger partial charge on any atom is 0.241 e. The van der Waals surface area contributed by atoms with Gasteiger partial charge in [-0.3, -0.25) is 9.47 Å². The van der Waals surface area contributed by atoms with Gasteiger partial charge in [0.15, 0.2) is 0 Å². The molecule has 0 aromatic carbocycles. The molecule has 0 radical (unpaired) electrons. The summed E-state index contributed by atoms with van der Waals surface area (Å²) in [5.41, 5.74) is 5.38. The summed E-state index contributed by atoms with van der Waals surface area (Å²) in [7, 11) is 0. The van der Waals surface area contributed by atoms with Crippen LogP contribution in [0.1, 0.15) is 37.1 Å². The summed E-state index contributed by atoms with van der Waals surface area (Å²) in [6.45, 7) is 4.39. The molecule has 17 heavy (non-hydrogen) atoms. The van der Waals surface area contributed by atoms with Gasteiger partial charge in [-0.25, -0.2) is 0 Å². The molecule has 4 nitrogen and oxygen atoms in total. The van der Waals surface area contributed by atoms with Crippen LogP contribution in [0.25, 0.3) is 0 Å². The van der Waals surface area contributed by atoms with Crippen molar-refractivity contribution in [3.63, 3.8) is 0 Å². The Morgan fingerprint density at radius 3 is 2.47 bits per heavy atom. The zero-order valence-electron chi connectivity index (χ0n) is 10.6. The molecule has 1 amide bonds. The molecular weight excluding hydrogens is 214 g/mol. The van der Waals surface area contributed by atoms with E-state index in [2.05, 4.69) is 10.7 Å². The van der Waals surface area contributed by atoms with Gasteiger partial charge in [0.05, 0.1) is 0 Å². The highest BCUT2D eigenvalue weighted by atomic mass is 16.2. The third-order valence-corrected chi connectivity index (χ3v) is 3.39. The van der Waals surface area contributed by atoms with Crippen molar-refractivity contribution in [1.82, 2.24) is 9.99 Å². The Labute approximate surface area is 102 Å². The number of rotatable bonds is 4. The van der Waals surface area contributed by atoms with Crippen LogP contribution in [0.4, 0.5) is 0 Å². The third kappa shape index (κ3) is 3.02. The third-order valence-electron chi connectivity index (χ3n) is 3.39. The first kappa shape index (κ1) is 12.0. The number of carbonyl (C=O) groups excluding carboxylic acids is 1. The minimum Gasteiger partial charge on any atom is -0.352 e. The van der Waals surface area contributed by atoms with Gasteiger partial charge in [-0.1, -0.05) is 12.8 Å². The van der Waals surface area contributed by atoms with Crippen LogP contribution in [-0.4, -0.2) is 23.2 Å². The molecule has 1 aliphatic rings. The van der Waals surface area contributed by atoms with E-state index in [1.807, 2.05) is 30.7 Å². The lowest BCUT2D eigenvalue weighted by Crippen LogP contribution is -2.38. The largest absolute Gasteiger partial charge is 0.352 e. The summed E-state index contributed by atoms with van der Waals surface area (Å²) in [4.78, 5) is 11.7. The van der Waals surface area contributed by atoms with Crippen molar-refractivity contribution < 1.29 is 4.79 Å². The number of hydrogen-bond donors (Lipinski definition) is 2. The first-order valence-corrected chi connectivity index (χ1v) is 6.35. The van der Waals surface area contributed by atoms with Gasteiger partial charge in [-0.2, -0.15) is 0 Å². The average Bonchev–Trinajstić information content (AvgIpc) is 2.88. The summed E-state index contributed by atoms with van der Waals surface area (Å²) in [6.07, 6.45) is 4.75. The molecule has 4 heteroatoms. The van der Waals surface area contributed by atoms with E-state index in [-0.39, 0.29) is 5.91 Å². The number of carbonyl (C=O) groups is 1. The van der Waals surface area contributed by atoms with Crippen LogP contribution in [-0.2, 0) is 4.79 Å². The van der Waals surface area contributed by atoms with Gasteiger partial charge in [0.25, 0.3) is 0 Å². The molecule has 2 N–H and O–H groups in total. The molecule has 1 aromatic heterocycles. The van der Waals surface area contributed by atoms with Gasteiger partial charge in [-0.15, -0.1) is 0 Å². The zero-order chi connectivity index (χ0) is 12.3. The second kappa shape index (κ2) is 5.25. The van der Waals surface area contributed by atoms with E-state index in [4.69, 9.17) is 0 Å². The highest BCUT2D eigenvalue weighted by molar-refractivity contribution is 5.79. The van der Waals surface area contributed by atoms with Crippen molar-refractivity contribution in [2.45, 2.75) is 45.6 Å². The highest BCUT2D eigenvalue weighted by Gasteiger charge is 2.16. The van der Waals surface area contributed by atoms with Crippen molar-refractivity contribution in [1.29, 1.82) is 0 Å². The lowest BCUT2D eigenvalue weighted by Gasteiger charge is -2.15. The molecule has 1 fully saturated rings. The lowest BCUT2D eigenvalue weighted by molar-refractivity contribution is -0.120.